The third-order valence-corrected chi connectivity index (χ3v) is 3.07. The molecule has 0 fully saturated rings. The standard InChI is InChI=1S/C14H7BrFNO3/c15-11-5-8(7-17)1-4-12(11)20-13-6-9(16)2-3-10(13)14(18)19/h1-6H,(H,18,19). The van der Waals surface area contributed by atoms with E-state index >= 15 is 0 Å². The molecule has 0 saturated carbocycles. The molecule has 0 heterocycles. The SMILES string of the molecule is N#Cc1ccc(Oc2cc(F)ccc2C(=O)O)c(Br)c1. The summed E-state index contributed by atoms with van der Waals surface area (Å²) in [5.74, 6) is -1.64. The van der Waals surface area contributed by atoms with Crippen LogP contribution in [-0.2, 0) is 0 Å². The molecule has 0 saturated heterocycles. The fraction of sp³-hybridized carbons (Fsp3) is 0. The number of ether oxygens (including phenoxy) is 1. The molecule has 2 aromatic carbocycles. The van der Waals surface area contributed by atoms with Crippen LogP contribution in [0.2, 0.25) is 0 Å². The van der Waals surface area contributed by atoms with Crippen LogP contribution in [0, 0.1) is 17.1 Å². The zero-order chi connectivity index (χ0) is 14.7. The van der Waals surface area contributed by atoms with Gasteiger partial charge in [0.2, 0.25) is 0 Å². The van der Waals surface area contributed by atoms with E-state index in [-0.39, 0.29) is 17.1 Å². The van der Waals surface area contributed by atoms with Crippen LogP contribution in [-0.4, -0.2) is 11.1 Å². The number of halogens is 2. The zero-order valence-corrected chi connectivity index (χ0v) is 11.5. The Balaban J connectivity index is 2.42. The maximum Gasteiger partial charge on any atom is 0.339 e. The second-order valence-corrected chi connectivity index (χ2v) is 4.66. The van der Waals surface area contributed by atoms with E-state index in [1.165, 1.54) is 18.2 Å². The summed E-state index contributed by atoms with van der Waals surface area (Å²) in [4.78, 5) is 11.1. The summed E-state index contributed by atoms with van der Waals surface area (Å²) in [5.41, 5.74) is 0.268. The van der Waals surface area contributed by atoms with E-state index in [2.05, 4.69) is 15.9 Å². The molecule has 20 heavy (non-hydrogen) atoms. The number of rotatable bonds is 3. The number of carboxylic acids is 1. The van der Waals surface area contributed by atoms with Crippen LogP contribution in [0.3, 0.4) is 0 Å². The van der Waals surface area contributed by atoms with Gasteiger partial charge < -0.3 is 9.84 Å². The fourth-order valence-electron chi connectivity index (χ4n) is 1.53. The Morgan fingerprint density at radius 1 is 1.25 bits per heavy atom. The Labute approximate surface area is 122 Å². The number of carboxylic acid groups (broad SMARTS) is 1. The van der Waals surface area contributed by atoms with Gasteiger partial charge in [0.05, 0.1) is 16.1 Å². The summed E-state index contributed by atoms with van der Waals surface area (Å²) in [5, 5.41) is 17.8. The van der Waals surface area contributed by atoms with Gasteiger partial charge >= 0.3 is 5.97 Å². The molecule has 0 radical (unpaired) electrons. The van der Waals surface area contributed by atoms with Gasteiger partial charge in [0.15, 0.2) is 0 Å². The molecular formula is C14H7BrFNO3. The van der Waals surface area contributed by atoms with Gasteiger partial charge in [0.1, 0.15) is 22.9 Å². The molecule has 1 N–H and O–H groups in total. The predicted octanol–water partition coefficient (Wildman–Crippen LogP) is 3.95. The average Bonchev–Trinajstić information content (AvgIpc) is 2.40. The molecule has 0 aliphatic carbocycles. The lowest BCUT2D eigenvalue weighted by molar-refractivity contribution is 0.0694. The quantitative estimate of drug-likeness (QED) is 0.921. The van der Waals surface area contributed by atoms with E-state index in [4.69, 9.17) is 15.1 Å². The van der Waals surface area contributed by atoms with Crippen molar-refractivity contribution in [2.24, 2.45) is 0 Å². The van der Waals surface area contributed by atoms with Crippen molar-refractivity contribution in [2.45, 2.75) is 0 Å². The van der Waals surface area contributed by atoms with Crippen LogP contribution in [0.5, 0.6) is 11.5 Å². The first-order chi connectivity index (χ1) is 9.51. The smallest absolute Gasteiger partial charge is 0.339 e. The normalized spacial score (nSPS) is 9.85. The van der Waals surface area contributed by atoms with Gasteiger partial charge in [-0.15, -0.1) is 0 Å². The lowest BCUT2D eigenvalue weighted by Crippen LogP contribution is -2.00. The Bertz CT molecular complexity index is 725. The van der Waals surface area contributed by atoms with Crippen molar-refractivity contribution in [3.05, 3.63) is 57.8 Å². The van der Waals surface area contributed by atoms with Crippen molar-refractivity contribution in [3.8, 4) is 17.6 Å². The Kier molecular flexibility index (Phi) is 4.01. The first-order valence-electron chi connectivity index (χ1n) is 5.41. The van der Waals surface area contributed by atoms with E-state index in [1.807, 2.05) is 6.07 Å². The number of hydrogen-bond donors (Lipinski definition) is 1. The second kappa shape index (κ2) is 5.72. The number of hydrogen-bond acceptors (Lipinski definition) is 3. The molecule has 0 atom stereocenters. The predicted molar refractivity (Wildman–Crippen MR) is 72.3 cm³/mol. The fourth-order valence-corrected chi connectivity index (χ4v) is 1.99. The minimum atomic E-state index is -1.22. The van der Waals surface area contributed by atoms with Crippen molar-refractivity contribution < 1.29 is 19.0 Å². The lowest BCUT2D eigenvalue weighted by Gasteiger charge is -2.10. The van der Waals surface area contributed by atoms with Gasteiger partial charge in [0.25, 0.3) is 0 Å². The summed E-state index contributed by atoms with van der Waals surface area (Å²) >= 11 is 3.21. The highest BCUT2D eigenvalue weighted by atomic mass is 79.9. The zero-order valence-electron chi connectivity index (χ0n) is 9.93. The minimum Gasteiger partial charge on any atom is -0.478 e. The molecular weight excluding hydrogens is 329 g/mol. The molecule has 0 spiro atoms. The molecule has 2 rings (SSSR count). The minimum absolute atomic E-state index is 0.108. The first kappa shape index (κ1) is 14.0. The first-order valence-corrected chi connectivity index (χ1v) is 6.21. The van der Waals surface area contributed by atoms with E-state index < -0.39 is 11.8 Å². The van der Waals surface area contributed by atoms with Crippen LogP contribution in [0.1, 0.15) is 15.9 Å². The number of nitriles is 1. The Hall–Kier alpha value is -2.39. The third-order valence-electron chi connectivity index (χ3n) is 2.45. The summed E-state index contributed by atoms with van der Waals surface area (Å²) in [6, 6.07) is 9.66. The molecule has 0 aliphatic rings. The van der Waals surface area contributed by atoms with Crippen LogP contribution in [0.4, 0.5) is 4.39 Å². The van der Waals surface area contributed by atoms with E-state index in [9.17, 15) is 9.18 Å². The number of benzene rings is 2. The molecule has 0 amide bonds. The molecule has 0 aliphatic heterocycles. The average molecular weight is 336 g/mol. The second-order valence-electron chi connectivity index (χ2n) is 3.80. The van der Waals surface area contributed by atoms with Gasteiger partial charge in [-0.3, -0.25) is 0 Å². The largest absolute Gasteiger partial charge is 0.478 e. The van der Waals surface area contributed by atoms with E-state index in [0.717, 1.165) is 18.2 Å². The van der Waals surface area contributed by atoms with Gasteiger partial charge in [-0.2, -0.15) is 5.26 Å². The van der Waals surface area contributed by atoms with Crippen molar-refractivity contribution in [3.63, 3.8) is 0 Å². The van der Waals surface area contributed by atoms with Crippen molar-refractivity contribution in [1.82, 2.24) is 0 Å². The molecule has 0 aromatic heterocycles. The van der Waals surface area contributed by atoms with Crippen molar-refractivity contribution >= 4 is 21.9 Å². The molecule has 0 unspecified atom stereocenters. The maximum atomic E-state index is 13.2. The number of nitrogens with zero attached hydrogens (tertiary/aromatic N) is 1. The summed E-state index contributed by atoms with van der Waals surface area (Å²) in [7, 11) is 0. The van der Waals surface area contributed by atoms with Crippen LogP contribution >= 0.6 is 15.9 Å². The van der Waals surface area contributed by atoms with Crippen molar-refractivity contribution in [1.29, 1.82) is 5.26 Å². The van der Waals surface area contributed by atoms with Gasteiger partial charge in [0, 0.05) is 6.07 Å². The Morgan fingerprint density at radius 3 is 2.60 bits per heavy atom. The number of carbonyl (C=O) groups is 1. The highest BCUT2D eigenvalue weighted by Crippen LogP contribution is 2.32. The van der Waals surface area contributed by atoms with E-state index in [0.29, 0.717) is 10.0 Å². The number of aromatic carboxylic acids is 1. The summed E-state index contributed by atoms with van der Waals surface area (Å²) in [6.45, 7) is 0. The van der Waals surface area contributed by atoms with Gasteiger partial charge in [-0.05, 0) is 46.3 Å². The van der Waals surface area contributed by atoms with E-state index in [1.54, 1.807) is 0 Å². The summed E-state index contributed by atoms with van der Waals surface area (Å²) < 4.78 is 19.1. The molecule has 2 aromatic rings. The van der Waals surface area contributed by atoms with Gasteiger partial charge in [-0.25, -0.2) is 9.18 Å². The summed E-state index contributed by atoms with van der Waals surface area (Å²) in [6.07, 6.45) is 0. The lowest BCUT2D eigenvalue weighted by atomic mass is 10.2. The van der Waals surface area contributed by atoms with Crippen LogP contribution < -0.4 is 4.74 Å². The maximum absolute atomic E-state index is 13.2. The third kappa shape index (κ3) is 2.95. The van der Waals surface area contributed by atoms with Gasteiger partial charge in [-0.1, -0.05) is 0 Å². The van der Waals surface area contributed by atoms with Crippen LogP contribution in [0.25, 0.3) is 0 Å². The van der Waals surface area contributed by atoms with Crippen LogP contribution in [0.15, 0.2) is 40.9 Å². The monoisotopic (exact) mass is 335 g/mol. The Morgan fingerprint density at radius 2 is 2.00 bits per heavy atom. The molecule has 0 bridgehead atoms. The highest BCUT2D eigenvalue weighted by molar-refractivity contribution is 9.10. The topological polar surface area (TPSA) is 70.3 Å². The van der Waals surface area contributed by atoms with Crippen molar-refractivity contribution in [2.75, 3.05) is 0 Å². The molecule has 4 nitrogen and oxygen atoms in total. The molecule has 6 heteroatoms. The highest BCUT2D eigenvalue weighted by Gasteiger charge is 2.14. The molecule has 100 valence electrons.